The van der Waals surface area contributed by atoms with Gasteiger partial charge in [-0.05, 0) is 29.4 Å². The van der Waals surface area contributed by atoms with Gasteiger partial charge in [0.1, 0.15) is 5.75 Å². The molecule has 2 rings (SSSR count). The molecule has 1 aromatic heterocycles. The van der Waals surface area contributed by atoms with Crippen LogP contribution in [0.25, 0.3) is 0 Å². The van der Waals surface area contributed by atoms with E-state index in [4.69, 9.17) is 10.5 Å². The van der Waals surface area contributed by atoms with E-state index in [0.29, 0.717) is 5.75 Å². The second-order valence-corrected chi connectivity index (χ2v) is 4.62. The van der Waals surface area contributed by atoms with Crippen LogP contribution in [0.15, 0.2) is 35.0 Å². The summed E-state index contributed by atoms with van der Waals surface area (Å²) in [7, 11) is 0. The van der Waals surface area contributed by atoms with Crippen molar-refractivity contribution in [3.05, 3.63) is 36.0 Å². The number of nitrogens with one attached hydrogen (secondary N) is 2. The molecule has 2 amide bonds. The summed E-state index contributed by atoms with van der Waals surface area (Å²) in [5.41, 5.74) is 5.31. The van der Waals surface area contributed by atoms with Crippen LogP contribution in [-0.4, -0.2) is 41.3 Å². The summed E-state index contributed by atoms with van der Waals surface area (Å²) in [5, 5.41) is 11.9. The van der Waals surface area contributed by atoms with Crippen molar-refractivity contribution in [1.29, 1.82) is 0 Å². The van der Waals surface area contributed by atoms with Crippen molar-refractivity contribution in [3.63, 3.8) is 0 Å². The highest BCUT2D eigenvalue weighted by molar-refractivity contribution is 5.96. The monoisotopic (exact) mass is 319 g/mol. The zero-order valence-electron chi connectivity index (χ0n) is 12.5. The Balaban J connectivity index is 1.68. The zero-order valence-corrected chi connectivity index (χ0v) is 12.5. The second kappa shape index (κ2) is 7.78. The lowest BCUT2D eigenvalue weighted by molar-refractivity contribution is -0.127. The van der Waals surface area contributed by atoms with Crippen LogP contribution in [0.1, 0.15) is 17.4 Å². The Morgan fingerprint density at radius 1 is 1.22 bits per heavy atom. The summed E-state index contributed by atoms with van der Waals surface area (Å²) in [5.74, 6) is -0.286. The molecule has 2 aromatic rings. The fourth-order valence-corrected chi connectivity index (χ4v) is 1.70. The fraction of sp³-hybridized carbons (Fsp3) is 0.286. The van der Waals surface area contributed by atoms with Gasteiger partial charge in [-0.1, -0.05) is 18.2 Å². The smallest absolute Gasteiger partial charge is 0.277 e. The number of hydrogen-bond donors (Lipinski definition) is 3. The van der Waals surface area contributed by atoms with Crippen LogP contribution in [0.4, 0.5) is 5.82 Å². The van der Waals surface area contributed by atoms with Crippen molar-refractivity contribution in [3.8, 4) is 5.75 Å². The average molecular weight is 319 g/mol. The van der Waals surface area contributed by atoms with Gasteiger partial charge >= 0.3 is 0 Å². The van der Waals surface area contributed by atoms with E-state index in [9.17, 15) is 9.59 Å². The molecular weight excluding hydrogens is 302 g/mol. The summed E-state index contributed by atoms with van der Waals surface area (Å²) < 4.78 is 9.81. The molecule has 0 radical (unpaired) electrons. The molecule has 0 saturated carbocycles. The fourth-order valence-electron chi connectivity index (χ4n) is 1.70. The number of para-hydroxylation sites is 1. The van der Waals surface area contributed by atoms with Crippen molar-refractivity contribution in [1.82, 2.24) is 20.9 Å². The Kier molecular flexibility index (Phi) is 5.50. The number of anilines is 1. The highest BCUT2D eigenvalue weighted by atomic mass is 16.6. The molecule has 0 aliphatic carbocycles. The number of hydrogen-bond acceptors (Lipinski definition) is 7. The van der Waals surface area contributed by atoms with E-state index in [1.807, 2.05) is 18.2 Å². The average Bonchev–Trinajstić information content (AvgIpc) is 2.98. The molecule has 0 saturated heterocycles. The van der Waals surface area contributed by atoms with E-state index in [2.05, 4.69) is 25.6 Å². The lowest BCUT2D eigenvalue weighted by Crippen LogP contribution is -2.40. The van der Waals surface area contributed by atoms with Crippen molar-refractivity contribution in [2.24, 2.45) is 0 Å². The molecule has 122 valence electrons. The summed E-state index contributed by atoms with van der Waals surface area (Å²) in [4.78, 5) is 23.5. The molecule has 1 atom stereocenters. The zero-order chi connectivity index (χ0) is 16.7. The Bertz CT molecular complexity index is 658. The first-order valence-electron chi connectivity index (χ1n) is 6.93. The van der Waals surface area contributed by atoms with Crippen LogP contribution in [0, 0.1) is 0 Å². The quantitative estimate of drug-likeness (QED) is 0.610. The van der Waals surface area contributed by atoms with Gasteiger partial charge in [0, 0.05) is 13.1 Å². The number of aromatic nitrogens is 2. The van der Waals surface area contributed by atoms with Gasteiger partial charge in [0.25, 0.3) is 11.8 Å². The normalized spacial score (nSPS) is 11.5. The molecule has 0 spiro atoms. The van der Waals surface area contributed by atoms with Crippen LogP contribution in [-0.2, 0) is 4.79 Å². The summed E-state index contributed by atoms with van der Waals surface area (Å²) in [6.07, 6.45) is -0.650. The van der Waals surface area contributed by atoms with Crippen LogP contribution >= 0.6 is 0 Å². The Labute approximate surface area is 132 Å². The minimum atomic E-state index is -0.650. The largest absolute Gasteiger partial charge is 0.481 e. The van der Waals surface area contributed by atoms with E-state index in [1.54, 1.807) is 19.1 Å². The van der Waals surface area contributed by atoms with Gasteiger partial charge < -0.3 is 21.1 Å². The number of ether oxygens (including phenoxy) is 1. The third-order valence-corrected chi connectivity index (χ3v) is 2.86. The number of nitrogens with zero attached hydrogens (tertiary/aromatic N) is 2. The first-order valence-corrected chi connectivity index (χ1v) is 6.93. The van der Waals surface area contributed by atoms with Crippen LogP contribution in [0.5, 0.6) is 5.75 Å². The van der Waals surface area contributed by atoms with E-state index in [1.165, 1.54) is 0 Å². The molecule has 0 fully saturated rings. The van der Waals surface area contributed by atoms with Gasteiger partial charge in [-0.3, -0.25) is 9.59 Å². The number of carbonyl (C=O) groups excluding carboxylic acids is 2. The van der Waals surface area contributed by atoms with Crippen molar-refractivity contribution in [2.75, 3.05) is 18.8 Å². The van der Waals surface area contributed by atoms with Crippen molar-refractivity contribution in [2.45, 2.75) is 13.0 Å². The minimum absolute atomic E-state index is 0.0860. The van der Waals surface area contributed by atoms with Gasteiger partial charge in [0.05, 0.1) is 0 Å². The highest BCUT2D eigenvalue weighted by Crippen LogP contribution is 2.10. The van der Waals surface area contributed by atoms with E-state index < -0.39 is 12.0 Å². The maximum atomic E-state index is 11.9. The molecule has 4 N–H and O–H groups in total. The molecule has 9 nitrogen and oxygen atoms in total. The topological polar surface area (TPSA) is 132 Å². The number of rotatable bonds is 7. The highest BCUT2D eigenvalue weighted by Gasteiger charge is 2.16. The predicted molar refractivity (Wildman–Crippen MR) is 80.6 cm³/mol. The molecule has 0 aliphatic rings. The minimum Gasteiger partial charge on any atom is -0.481 e. The number of nitrogens with two attached hydrogens (primary N) is 1. The summed E-state index contributed by atoms with van der Waals surface area (Å²) in [6, 6.07) is 9.03. The Hall–Kier alpha value is -3.10. The lowest BCUT2D eigenvalue weighted by atomic mass is 10.3. The Morgan fingerprint density at radius 3 is 2.57 bits per heavy atom. The van der Waals surface area contributed by atoms with Crippen molar-refractivity contribution >= 4 is 17.6 Å². The van der Waals surface area contributed by atoms with Gasteiger partial charge in [-0.2, -0.15) is 0 Å². The molecule has 1 heterocycles. The number of benzene rings is 1. The molecule has 9 heteroatoms. The van der Waals surface area contributed by atoms with Gasteiger partial charge in [-0.15, -0.1) is 0 Å². The first-order chi connectivity index (χ1) is 11.1. The van der Waals surface area contributed by atoms with Crippen LogP contribution in [0.3, 0.4) is 0 Å². The van der Waals surface area contributed by atoms with Gasteiger partial charge in [-0.25, -0.2) is 4.63 Å². The molecular formula is C14H17N5O4. The van der Waals surface area contributed by atoms with Crippen LogP contribution < -0.4 is 21.1 Å². The predicted octanol–water partition coefficient (Wildman–Crippen LogP) is -0.0347. The second-order valence-electron chi connectivity index (χ2n) is 4.62. The third kappa shape index (κ3) is 4.70. The van der Waals surface area contributed by atoms with E-state index in [-0.39, 0.29) is 30.5 Å². The molecule has 1 aromatic carbocycles. The maximum absolute atomic E-state index is 11.9. The standard InChI is InChI=1S/C14H17N5O4/c1-9(22-10-5-3-2-4-6-10)13(20)16-7-8-17-14(21)11-12(15)19-23-18-11/h2-6,9H,7-8H2,1H3,(H2,15,19)(H,16,20)(H,17,21)/t9-/m1/s1. The van der Waals surface area contributed by atoms with E-state index >= 15 is 0 Å². The number of nitrogen functional groups attached to an aromatic ring is 1. The summed E-state index contributed by atoms with van der Waals surface area (Å²) in [6.45, 7) is 2.08. The number of amides is 2. The molecule has 0 bridgehead atoms. The lowest BCUT2D eigenvalue weighted by Gasteiger charge is -2.14. The molecule has 0 aliphatic heterocycles. The number of carbonyl (C=O) groups is 2. The van der Waals surface area contributed by atoms with Gasteiger partial charge in [0.15, 0.2) is 6.10 Å². The summed E-state index contributed by atoms with van der Waals surface area (Å²) >= 11 is 0. The van der Waals surface area contributed by atoms with E-state index in [0.717, 1.165) is 0 Å². The third-order valence-electron chi connectivity index (χ3n) is 2.86. The SMILES string of the molecule is C[C@@H](Oc1ccccc1)C(=O)NCCNC(=O)c1nonc1N. The maximum Gasteiger partial charge on any atom is 0.277 e. The molecule has 23 heavy (non-hydrogen) atoms. The first kappa shape index (κ1) is 16.3. The van der Waals surface area contributed by atoms with Gasteiger partial charge in [0.2, 0.25) is 11.5 Å². The Morgan fingerprint density at radius 2 is 1.91 bits per heavy atom. The van der Waals surface area contributed by atoms with Crippen LogP contribution in [0.2, 0.25) is 0 Å². The van der Waals surface area contributed by atoms with Crippen molar-refractivity contribution < 1.29 is 19.0 Å². The molecule has 0 unspecified atom stereocenters.